The number of imidazole rings is 1. The van der Waals surface area contributed by atoms with Gasteiger partial charge in [0.2, 0.25) is 0 Å². The van der Waals surface area contributed by atoms with E-state index < -0.39 is 12.0 Å². The van der Waals surface area contributed by atoms with Gasteiger partial charge in [-0.25, -0.2) is 4.98 Å². The monoisotopic (exact) mass is 245 g/mol. The van der Waals surface area contributed by atoms with Gasteiger partial charge < -0.3 is 14.8 Å². The fourth-order valence-corrected chi connectivity index (χ4v) is 2.59. The van der Waals surface area contributed by atoms with Gasteiger partial charge in [0.1, 0.15) is 11.7 Å². The number of hydrogen-bond acceptors (Lipinski definition) is 3. The summed E-state index contributed by atoms with van der Waals surface area (Å²) in [5.74, 6) is -0.456. The van der Waals surface area contributed by atoms with Crippen molar-refractivity contribution >= 4 is 11.6 Å². The first kappa shape index (κ1) is 11.2. The lowest BCUT2D eigenvalue weighted by atomic mass is 9.87. The number of nitrogens with zero attached hydrogens (tertiary/aromatic N) is 2. The van der Waals surface area contributed by atoms with Crippen LogP contribution in [0.1, 0.15) is 24.3 Å². The minimum Gasteiger partial charge on any atom is -0.480 e. The van der Waals surface area contributed by atoms with Gasteiger partial charge in [-0.3, -0.25) is 4.79 Å². The molecule has 3 heterocycles. The van der Waals surface area contributed by atoms with E-state index in [1.165, 1.54) is 5.56 Å². The number of aromatic nitrogens is 2. The molecule has 2 unspecified atom stereocenters. The number of hydrogen-bond donors (Lipinski definition) is 2. The lowest BCUT2D eigenvalue weighted by Crippen LogP contribution is -2.42. The Morgan fingerprint density at radius 2 is 2.39 bits per heavy atom. The van der Waals surface area contributed by atoms with E-state index in [1.807, 2.05) is 16.7 Å². The van der Waals surface area contributed by atoms with E-state index in [2.05, 4.69) is 22.6 Å². The summed E-state index contributed by atoms with van der Waals surface area (Å²) in [6.45, 7) is 0.754. The summed E-state index contributed by atoms with van der Waals surface area (Å²) in [5.41, 5.74) is 2.11. The second-order valence-electron chi connectivity index (χ2n) is 4.72. The van der Waals surface area contributed by atoms with Crippen LogP contribution in [-0.2, 0) is 4.79 Å². The largest absolute Gasteiger partial charge is 0.480 e. The predicted molar refractivity (Wildman–Crippen MR) is 66.6 cm³/mol. The van der Waals surface area contributed by atoms with Crippen LogP contribution < -0.4 is 5.32 Å². The molecule has 0 aliphatic carbocycles. The van der Waals surface area contributed by atoms with Crippen LogP contribution in [0.25, 0.3) is 5.65 Å². The molecule has 2 N–H and O–H groups in total. The zero-order chi connectivity index (χ0) is 12.5. The summed E-state index contributed by atoms with van der Waals surface area (Å²) in [5, 5.41) is 12.1. The number of pyridine rings is 1. The van der Waals surface area contributed by atoms with Crippen LogP contribution in [0.4, 0.5) is 0 Å². The third-order valence-corrected chi connectivity index (χ3v) is 3.58. The SMILES string of the molecule is O=C(O)C1CC(c2ccc3nccn3c2)CCN1. The molecule has 0 aromatic carbocycles. The van der Waals surface area contributed by atoms with Crippen molar-refractivity contribution in [3.63, 3.8) is 0 Å². The summed E-state index contributed by atoms with van der Waals surface area (Å²) in [7, 11) is 0. The molecule has 1 aliphatic heterocycles. The quantitative estimate of drug-likeness (QED) is 0.835. The molecule has 5 nitrogen and oxygen atoms in total. The Hall–Kier alpha value is -1.88. The zero-order valence-electron chi connectivity index (χ0n) is 9.91. The number of fused-ring (bicyclic) bond motifs is 1. The number of piperidine rings is 1. The summed E-state index contributed by atoms with van der Waals surface area (Å²) in [6.07, 6.45) is 7.35. The van der Waals surface area contributed by atoms with Gasteiger partial charge in [0.25, 0.3) is 0 Å². The molecule has 3 rings (SSSR count). The number of rotatable bonds is 2. The topological polar surface area (TPSA) is 66.6 Å². The van der Waals surface area contributed by atoms with Crippen molar-refractivity contribution in [2.45, 2.75) is 24.8 Å². The Morgan fingerprint density at radius 3 is 3.22 bits per heavy atom. The van der Waals surface area contributed by atoms with Crippen molar-refractivity contribution in [1.82, 2.24) is 14.7 Å². The van der Waals surface area contributed by atoms with Crippen LogP contribution in [0, 0.1) is 0 Å². The molecule has 18 heavy (non-hydrogen) atoms. The van der Waals surface area contributed by atoms with E-state index >= 15 is 0 Å². The number of nitrogens with one attached hydrogen (secondary N) is 1. The first-order chi connectivity index (χ1) is 8.74. The van der Waals surface area contributed by atoms with Crippen molar-refractivity contribution in [3.05, 3.63) is 36.3 Å². The molecule has 5 heteroatoms. The Labute approximate surface area is 104 Å². The van der Waals surface area contributed by atoms with Gasteiger partial charge in [0, 0.05) is 18.6 Å². The number of carboxylic acids is 1. The highest BCUT2D eigenvalue weighted by Gasteiger charge is 2.27. The number of carbonyl (C=O) groups is 1. The van der Waals surface area contributed by atoms with Crippen LogP contribution in [0.5, 0.6) is 0 Å². The normalized spacial score (nSPS) is 24.2. The Bertz CT molecular complexity index is 578. The van der Waals surface area contributed by atoms with Gasteiger partial charge in [0.05, 0.1) is 0 Å². The molecule has 2 aromatic rings. The second kappa shape index (κ2) is 4.42. The molecule has 0 radical (unpaired) electrons. The van der Waals surface area contributed by atoms with Gasteiger partial charge in [-0.2, -0.15) is 0 Å². The molecule has 1 aliphatic rings. The van der Waals surface area contributed by atoms with E-state index in [0.717, 1.165) is 18.6 Å². The fraction of sp³-hybridized carbons (Fsp3) is 0.385. The van der Waals surface area contributed by atoms with Gasteiger partial charge in [-0.15, -0.1) is 0 Å². The van der Waals surface area contributed by atoms with Crippen LogP contribution in [-0.4, -0.2) is 33.0 Å². The maximum Gasteiger partial charge on any atom is 0.320 e. The molecule has 0 bridgehead atoms. The zero-order valence-corrected chi connectivity index (χ0v) is 9.91. The van der Waals surface area contributed by atoms with E-state index in [1.54, 1.807) is 6.20 Å². The highest BCUT2D eigenvalue weighted by Crippen LogP contribution is 2.27. The standard InChI is InChI=1S/C13H15N3O2/c17-13(18)11-7-9(3-4-14-11)10-1-2-12-15-5-6-16(12)8-10/h1-2,5-6,8-9,11,14H,3-4,7H2,(H,17,18). The first-order valence-electron chi connectivity index (χ1n) is 6.13. The maximum atomic E-state index is 11.0. The van der Waals surface area contributed by atoms with Crippen molar-refractivity contribution in [1.29, 1.82) is 0 Å². The van der Waals surface area contributed by atoms with Crippen LogP contribution >= 0.6 is 0 Å². The fourth-order valence-electron chi connectivity index (χ4n) is 2.59. The molecular formula is C13H15N3O2. The molecule has 0 spiro atoms. The van der Waals surface area contributed by atoms with Crippen molar-refractivity contribution < 1.29 is 9.90 Å². The Balaban J connectivity index is 1.86. The summed E-state index contributed by atoms with van der Waals surface area (Å²) >= 11 is 0. The Morgan fingerprint density at radius 1 is 1.50 bits per heavy atom. The minimum atomic E-state index is -0.761. The van der Waals surface area contributed by atoms with Crippen molar-refractivity contribution in [2.24, 2.45) is 0 Å². The number of aliphatic carboxylic acids is 1. The van der Waals surface area contributed by atoms with Crippen LogP contribution in [0.15, 0.2) is 30.7 Å². The van der Waals surface area contributed by atoms with E-state index in [0.29, 0.717) is 12.3 Å². The predicted octanol–water partition coefficient (Wildman–Crippen LogP) is 1.25. The molecule has 2 aromatic heterocycles. The summed E-state index contributed by atoms with van der Waals surface area (Å²) in [4.78, 5) is 15.2. The molecule has 1 fully saturated rings. The van der Waals surface area contributed by atoms with E-state index in [9.17, 15) is 4.79 Å². The third-order valence-electron chi connectivity index (χ3n) is 3.58. The van der Waals surface area contributed by atoms with Gasteiger partial charge >= 0.3 is 5.97 Å². The molecule has 0 saturated carbocycles. The average Bonchev–Trinajstić information content (AvgIpc) is 2.86. The molecule has 1 saturated heterocycles. The molecule has 2 atom stereocenters. The molecule has 94 valence electrons. The van der Waals surface area contributed by atoms with E-state index in [-0.39, 0.29) is 0 Å². The lowest BCUT2D eigenvalue weighted by molar-refractivity contribution is -0.140. The molecule has 0 amide bonds. The van der Waals surface area contributed by atoms with Crippen LogP contribution in [0.3, 0.4) is 0 Å². The highest BCUT2D eigenvalue weighted by atomic mass is 16.4. The summed E-state index contributed by atoms with van der Waals surface area (Å²) < 4.78 is 1.98. The van der Waals surface area contributed by atoms with E-state index in [4.69, 9.17) is 5.11 Å². The minimum absolute atomic E-state index is 0.305. The maximum absolute atomic E-state index is 11.0. The lowest BCUT2D eigenvalue weighted by Gasteiger charge is -2.28. The van der Waals surface area contributed by atoms with Gasteiger partial charge in [-0.05, 0) is 36.9 Å². The Kier molecular flexibility index (Phi) is 2.76. The summed E-state index contributed by atoms with van der Waals surface area (Å²) in [6, 6.07) is 3.60. The number of carboxylic acid groups (broad SMARTS) is 1. The highest BCUT2D eigenvalue weighted by molar-refractivity contribution is 5.73. The second-order valence-corrected chi connectivity index (χ2v) is 4.72. The average molecular weight is 245 g/mol. The van der Waals surface area contributed by atoms with Crippen LogP contribution in [0.2, 0.25) is 0 Å². The third kappa shape index (κ3) is 1.97. The smallest absolute Gasteiger partial charge is 0.320 e. The first-order valence-corrected chi connectivity index (χ1v) is 6.13. The van der Waals surface area contributed by atoms with Crippen molar-refractivity contribution in [3.8, 4) is 0 Å². The van der Waals surface area contributed by atoms with Gasteiger partial charge in [0.15, 0.2) is 0 Å². The molecular weight excluding hydrogens is 230 g/mol. The van der Waals surface area contributed by atoms with Crippen molar-refractivity contribution in [2.75, 3.05) is 6.54 Å². The van der Waals surface area contributed by atoms with Gasteiger partial charge in [-0.1, -0.05) is 6.07 Å².